The van der Waals surface area contributed by atoms with Gasteiger partial charge in [-0.1, -0.05) is 25.7 Å². The summed E-state index contributed by atoms with van der Waals surface area (Å²) in [7, 11) is 0. The maximum atomic E-state index is 11.5. The molecule has 1 aliphatic rings. The van der Waals surface area contributed by atoms with Crippen molar-refractivity contribution in [3.8, 4) is 0 Å². The number of carbonyl (C=O) groups is 2. The molecule has 1 N–H and O–H groups in total. The van der Waals surface area contributed by atoms with Crippen LogP contribution in [-0.4, -0.2) is 28.9 Å². The molecule has 1 saturated carbocycles. The molecule has 0 aromatic carbocycles. The van der Waals surface area contributed by atoms with E-state index in [2.05, 4.69) is 12.6 Å². The topological polar surface area (TPSA) is 63.6 Å². The minimum absolute atomic E-state index is 0.0804. The Morgan fingerprint density at radius 1 is 1.22 bits per heavy atom. The van der Waals surface area contributed by atoms with Gasteiger partial charge >= 0.3 is 11.9 Å². The molecule has 104 valence electrons. The Hall–Kier alpha value is -0.710. The van der Waals surface area contributed by atoms with E-state index in [1.807, 2.05) is 0 Å². The van der Waals surface area contributed by atoms with Crippen LogP contribution < -0.4 is 0 Å². The summed E-state index contributed by atoms with van der Waals surface area (Å²) in [5.41, 5.74) is 0. The van der Waals surface area contributed by atoms with Gasteiger partial charge in [-0.05, 0) is 18.8 Å². The number of ether oxygens (including phenoxy) is 1. The number of thiol groups is 1. The van der Waals surface area contributed by atoms with Crippen molar-refractivity contribution >= 4 is 24.6 Å². The monoisotopic (exact) mass is 274 g/mol. The van der Waals surface area contributed by atoms with Crippen LogP contribution >= 0.6 is 12.6 Å². The summed E-state index contributed by atoms with van der Waals surface area (Å²) in [5, 5.41) is 8.92. The number of aliphatic carboxylic acids is 1. The van der Waals surface area contributed by atoms with E-state index in [9.17, 15) is 9.59 Å². The van der Waals surface area contributed by atoms with E-state index in [0.717, 1.165) is 25.7 Å². The second-order valence-electron chi connectivity index (χ2n) is 4.85. The summed E-state index contributed by atoms with van der Waals surface area (Å²) >= 11 is 3.98. The predicted molar refractivity (Wildman–Crippen MR) is 71.8 cm³/mol. The number of esters is 1. The molecule has 1 unspecified atom stereocenters. The van der Waals surface area contributed by atoms with Crippen molar-refractivity contribution in [2.45, 2.75) is 57.5 Å². The molecule has 1 aliphatic carbocycles. The van der Waals surface area contributed by atoms with Gasteiger partial charge in [0.05, 0.1) is 12.8 Å². The van der Waals surface area contributed by atoms with Gasteiger partial charge in [0, 0.05) is 5.75 Å². The Bertz CT molecular complexity index is 272. The van der Waals surface area contributed by atoms with Crippen LogP contribution in [0.2, 0.25) is 0 Å². The zero-order valence-corrected chi connectivity index (χ0v) is 11.5. The number of carboxylic acid groups (broad SMARTS) is 1. The van der Waals surface area contributed by atoms with Gasteiger partial charge in [-0.3, -0.25) is 9.59 Å². The van der Waals surface area contributed by atoms with E-state index in [1.165, 1.54) is 12.8 Å². The smallest absolute Gasteiger partial charge is 0.307 e. The van der Waals surface area contributed by atoms with Crippen LogP contribution in [0.3, 0.4) is 0 Å². The van der Waals surface area contributed by atoms with E-state index in [4.69, 9.17) is 9.84 Å². The Morgan fingerprint density at radius 2 is 1.83 bits per heavy atom. The lowest BCUT2D eigenvalue weighted by Crippen LogP contribution is -2.29. The first-order chi connectivity index (χ1) is 8.63. The molecular weight excluding hydrogens is 252 g/mol. The number of hydrogen-bond donors (Lipinski definition) is 2. The van der Waals surface area contributed by atoms with Gasteiger partial charge in [0.15, 0.2) is 0 Å². The minimum atomic E-state index is -0.900. The minimum Gasteiger partial charge on any atom is -0.481 e. The maximum Gasteiger partial charge on any atom is 0.307 e. The molecule has 0 aromatic heterocycles. The lowest BCUT2D eigenvalue weighted by Gasteiger charge is -2.24. The number of rotatable bonds is 6. The molecule has 5 heteroatoms. The van der Waals surface area contributed by atoms with E-state index in [-0.39, 0.29) is 24.7 Å². The van der Waals surface area contributed by atoms with Crippen molar-refractivity contribution in [2.75, 3.05) is 5.75 Å². The van der Waals surface area contributed by atoms with E-state index in [0.29, 0.717) is 5.75 Å². The van der Waals surface area contributed by atoms with Crippen molar-refractivity contribution in [2.24, 2.45) is 5.92 Å². The van der Waals surface area contributed by atoms with E-state index < -0.39 is 12.1 Å². The highest BCUT2D eigenvalue weighted by Crippen LogP contribution is 2.28. The second kappa shape index (κ2) is 8.40. The molecule has 0 aromatic rings. The van der Waals surface area contributed by atoms with Crippen LogP contribution in [0.25, 0.3) is 0 Å². The summed E-state index contributed by atoms with van der Waals surface area (Å²) in [6.45, 7) is 0. The summed E-state index contributed by atoms with van der Waals surface area (Å²) in [6.07, 6.45) is 6.22. The highest BCUT2D eigenvalue weighted by molar-refractivity contribution is 7.80. The number of hydrogen-bond acceptors (Lipinski definition) is 4. The van der Waals surface area contributed by atoms with E-state index >= 15 is 0 Å². The molecular formula is C13H22O4S. The van der Waals surface area contributed by atoms with Crippen molar-refractivity contribution in [1.29, 1.82) is 0 Å². The highest BCUT2D eigenvalue weighted by atomic mass is 32.1. The molecule has 18 heavy (non-hydrogen) atoms. The Labute approximate surface area is 113 Å². The van der Waals surface area contributed by atoms with Gasteiger partial charge < -0.3 is 9.84 Å². The lowest BCUT2D eigenvalue weighted by molar-refractivity contribution is -0.155. The van der Waals surface area contributed by atoms with Crippen LogP contribution in [0.5, 0.6) is 0 Å². The summed E-state index contributed by atoms with van der Waals surface area (Å²) < 4.78 is 5.33. The summed E-state index contributed by atoms with van der Waals surface area (Å²) in [6, 6.07) is 0. The van der Waals surface area contributed by atoms with Crippen molar-refractivity contribution in [3.63, 3.8) is 0 Å². The van der Waals surface area contributed by atoms with Gasteiger partial charge in [-0.25, -0.2) is 0 Å². The molecule has 0 saturated heterocycles. The SMILES string of the molecule is O=C(O)CC(OC(=O)CCS)C1CCCCCC1. The third-order valence-electron chi connectivity index (χ3n) is 3.40. The second-order valence-corrected chi connectivity index (χ2v) is 5.30. The van der Waals surface area contributed by atoms with Gasteiger partial charge in [0.2, 0.25) is 0 Å². The molecule has 0 spiro atoms. The van der Waals surface area contributed by atoms with Gasteiger partial charge in [0.1, 0.15) is 6.10 Å². The summed E-state index contributed by atoms with van der Waals surface area (Å²) in [4.78, 5) is 22.4. The van der Waals surface area contributed by atoms with Crippen molar-refractivity contribution < 1.29 is 19.4 Å². The third kappa shape index (κ3) is 5.76. The van der Waals surface area contributed by atoms with Crippen LogP contribution in [0.15, 0.2) is 0 Å². The largest absolute Gasteiger partial charge is 0.481 e. The molecule has 1 atom stereocenters. The zero-order valence-electron chi connectivity index (χ0n) is 10.6. The van der Waals surface area contributed by atoms with Crippen molar-refractivity contribution in [3.05, 3.63) is 0 Å². The molecule has 0 amide bonds. The fourth-order valence-electron chi connectivity index (χ4n) is 2.48. The normalized spacial score (nSPS) is 18.9. The summed E-state index contributed by atoms with van der Waals surface area (Å²) in [5.74, 6) is -0.598. The lowest BCUT2D eigenvalue weighted by atomic mass is 9.92. The average molecular weight is 274 g/mol. The Morgan fingerprint density at radius 3 is 2.33 bits per heavy atom. The van der Waals surface area contributed by atoms with Crippen LogP contribution in [0, 0.1) is 5.92 Å². The first-order valence-electron chi connectivity index (χ1n) is 6.65. The standard InChI is InChI=1S/C13H22O4S/c14-12(15)9-11(17-13(16)7-8-18)10-5-3-1-2-4-6-10/h10-11,18H,1-9H2,(H,14,15). The molecule has 0 bridgehead atoms. The average Bonchev–Trinajstić information content (AvgIpc) is 2.56. The molecule has 0 aliphatic heterocycles. The van der Waals surface area contributed by atoms with Gasteiger partial charge in [-0.15, -0.1) is 0 Å². The molecule has 1 fully saturated rings. The fraction of sp³-hybridized carbons (Fsp3) is 0.846. The maximum absolute atomic E-state index is 11.5. The molecule has 4 nitrogen and oxygen atoms in total. The molecule has 0 radical (unpaired) electrons. The van der Waals surface area contributed by atoms with Gasteiger partial charge in [-0.2, -0.15) is 12.6 Å². The van der Waals surface area contributed by atoms with Gasteiger partial charge in [0.25, 0.3) is 0 Å². The highest BCUT2D eigenvalue weighted by Gasteiger charge is 2.28. The fourth-order valence-corrected chi connectivity index (χ4v) is 2.66. The Balaban J connectivity index is 2.57. The van der Waals surface area contributed by atoms with E-state index in [1.54, 1.807) is 0 Å². The number of carbonyl (C=O) groups excluding carboxylic acids is 1. The quantitative estimate of drug-likeness (QED) is 0.444. The van der Waals surface area contributed by atoms with Crippen LogP contribution in [0.4, 0.5) is 0 Å². The van der Waals surface area contributed by atoms with Crippen LogP contribution in [0.1, 0.15) is 51.4 Å². The zero-order chi connectivity index (χ0) is 13.4. The van der Waals surface area contributed by atoms with Crippen LogP contribution in [-0.2, 0) is 14.3 Å². The number of carboxylic acids is 1. The first kappa shape index (κ1) is 15.3. The Kier molecular flexibility index (Phi) is 7.16. The first-order valence-corrected chi connectivity index (χ1v) is 7.29. The predicted octanol–water partition coefficient (Wildman–Crippen LogP) is 2.66. The molecule has 1 rings (SSSR count). The molecule has 0 heterocycles. The van der Waals surface area contributed by atoms with Crippen molar-refractivity contribution in [1.82, 2.24) is 0 Å². The third-order valence-corrected chi connectivity index (χ3v) is 3.62.